The van der Waals surface area contributed by atoms with Gasteiger partial charge >= 0.3 is 6.09 Å². The van der Waals surface area contributed by atoms with Crippen molar-refractivity contribution in [2.45, 2.75) is 19.9 Å². The van der Waals surface area contributed by atoms with Gasteiger partial charge in [-0.1, -0.05) is 29.5 Å². The SMILES string of the molecule is CCOC(=O)N1CCN([C@@H](c2ccccc2F)c2sc3nc(C)nn3c2O)CC1. The number of rotatable bonds is 4. The molecule has 3 heterocycles. The van der Waals surface area contributed by atoms with Crippen molar-refractivity contribution in [2.75, 3.05) is 32.8 Å². The first kappa shape index (κ1) is 19.6. The van der Waals surface area contributed by atoms with Crippen molar-refractivity contribution >= 4 is 22.4 Å². The topological polar surface area (TPSA) is 83.2 Å². The van der Waals surface area contributed by atoms with Crippen LogP contribution in [-0.4, -0.2) is 68.4 Å². The molecule has 1 amide bonds. The van der Waals surface area contributed by atoms with E-state index >= 15 is 0 Å². The highest BCUT2D eigenvalue weighted by Gasteiger charge is 2.34. The zero-order valence-corrected chi connectivity index (χ0v) is 17.0. The standard InChI is InChI=1S/C19H22FN5O3S/c1-3-28-19(27)24-10-8-23(9-11-24)15(13-6-4-5-7-14(13)20)16-17(26)25-18(29-16)21-12(2)22-25/h4-7,15,26H,3,8-11H2,1-2H3/t15-/m0/s1. The smallest absolute Gasteiger partial charge is 0.409 e. The van der Waals surface area contributed by atoms with E-state index in [2.05, 4.69) is 15.0 Å². The number of nitrogens with zero attached hydrogens (tertiary/aromatic N) is 5. The van der Waals surface area contributed by atoms with Gasteiger partial charge in [0.25, 0.3) is 0 Å². The van der Waals surface area contributed by atoms with Crippen molar-refractivity contribution in [2.24, 2.45) is 0 Å². The second-order valence-corrected chi connectivity index (χ2v) is 7.80. The number of aromatic hydroxyl groups is 1. The molecule has 1 aromatic carbocycles. The van der Waals surface area contributed by atoms with Crippen molar-refractivity contribution in [3.05, 3.63) is 46.3 Å². The average Bonchev–Trinajstić information content (AvgIpc) is 3.22. The molecule has 154 valence electrons. The van der Waals surface area contributed by atoms with Crippen LogP contribution in [0.4, 0.5) is 9.18 Å². The fourth-order valence-electron chi connectivity index (χ4n) is 3.60. The van der Waals surface area contributed by atoms with Gasteiger partial charge in [0.1, 0.15) is 11.6 Å². The van der Waals surface area contributed by atoms with Crippen LogP contribution < -0.4 is 0 Å². The van der Waals surface area contributed by atoms with E-state index in [0.717, 1.165) is 0 Å². The Labute approximate surface area is 171 Å². The minimum absolute atomic E-state index is 0.0355. The van der Waals surface area contributed by atoms with Gasteiger partial charge in [0.05, 0.1) is 17.5 Å². The first-order chi connectivity index (χ1) is 14.0. The molecule has 0 bridgehead atoms. The number of thiazole rings is 1. The first-order valence-corrected chi connectivity index (χ1v) is 10.3. The number of ether oxygens (including phenoxy) is 1. The summed E-state index contributed by atoms with van der Waals surface area (Å²) in [6, 6.07) is 6.04. The molecular formula is C19H22FN5O3S. The molecule has 4 rings (SSSR count). The average molecular weight is 419 g/mol. The minimum atomic E-state index is -0.505. The molecule has 3 aromatic rings. The molecule has 1 fully saturated rings. The van der Waals surface area contributed by atoms with Gasteiger partial charge < -0.3 is 14.7 Å². The van der Waals surface area contributed by atoms with Crippen molar-refractivity contribution in [1.82, 2.24) is 24.4 Å². The minimum Gasteiger partial charge on any atom is -0.492 e. The second-order valence-electron chi connectivity index (χ2n) is 6.79. The molecule has 1 saturated heterocycles. The summed E-state index contributed by atoms with van der Waals surface area (Å²) in [5, 5.41) is 15.0. The summed E-state index contributed by atoms with van der Waals surface area (Å²) in [6.07, 6.45) is -0.341. The van der Waals surface area contributed by atoms with Crippen LogP contribution in [0.1, 0.15) is 29.2 Å². The monoisotopic (exact) mass is 419 g/mol. The maximum atomic E-state index is 14.7. The van der Waals surface area contributed by atoms with E-state index in [1.54, 1.807) is 36.9 Å². The van der Waals surface area contributed by atoms with Crippen LogP contribution in [0, 0.1) is 12.7 Å². The number of carbonyl (C=O) groups excluding carboxylic acids is 1. The van der Waals surface area contributed by atoms with Gasteiger partial charge in [-0.15, -0.1) is 5.10 Å². The molecule has 29 heavy (non-hydrogen) atoms. The highest BCUT2D eigenvalue weighted by Crippen LogP contribution is 2.40. The summed E-state index contributed by atoms with van der Waals surface area (Å²) in [7, 11) is 0. The van der Waals surface area contributed by atoms with Gasteiger partial charge in [0.15, 0.2) is 0 Å². The Morgan fingerprint density at radius 1 is 1.31 bits per heavy atom. The van der Waals surface area contributed by atoms with E-state index in [1.807, 2.05) is 0 Å². The highest BCUT2D eigenvalue weighted by molar-refractivity contribution is 7.17. The van der Waals surface area contributed by atoms with Crippen LogP contribution in [0.2, 0.25) is 0 Å². The number of benzene rings is 1. The lowest BCUT2D eigenvalue weighted by molar-refractivity contribution is 0.0710. The third kappa shape index (κ3) is 3.65. The number of halogens is 1. The zero-order chi connectivity index (χ0) is 20.5. The normalized spacial score (nSPS) is 16.3. The predicted molar refractivity (Wildman–Crippen MR) is 106 cm³/mol. The Hall–Kier alpha value is -2.72. The third-order valence-corrected chi connectivity index (χ3v) is 6.03. The number of hydrogen-bond donors (Lipinski definition) is 1. The Kier molecular flexibility index (Phi) is 5.37. The van der Waals surface area contributed by atoms with E-state index < -0.39 is 6.04 Å². The Balaban J connectivity index is 1.69. The van der Waals surface area contributed by atoms with Gasteiger partial charge in [-0.05, 0) is 19.9 Å². The summed E-state index contributed by atoms with van der Waals surface area (Å²) in [5.74, 6) is 0.176. The summed E-state index contributed by atoms with van der Waals surface area (Å²) < 4.78 is 21.2. The summed E-state index contributed by atoms with van der Waals surface area (Å²) >= 11 is 1.29. The maximum absolute atomic E-state index is 14.7. The fraction of sp³-hybridized carbons (Fsp3) is 0.421. The van der Waals surface area contributed by atoms with Crippen LogP contribution >= 0.6 is 11.3 Å². The maximum Gasteiger partial charge on any atom is 0.409 e. The molecule has 0 spiro atoms. The molecule has 10 heteroatoms. The molecule has 0 radical (unpaired) electrons. The molecule has 1 atom stereocenters. The lowest BCUT2D eigenvalue weighted by Gasteiger charge is -2.38. The molecule has 2 aromatic heterocycles. The first-order valence-electron chi connectivity index (χ1n) is 9.44. The number of carbonyl (C=O) groups is 1. The number of aromatic nitrogens is 3. The van der Waals surface area contributed by atoms with Crippen LogP contribution in [0.3, 0.4) is 0 Å². The molecule has 1 aliphatic heterocycles. The van der Waals surface area contributed by atoms with Gasteiger partial charge in [0.2, 0.25) is 10.8 Å². The van der Waals surface area contributed by atoms with Crippen molar-refractivity contribution in [3.63, 3.8) is 0 Å². The van der Waals surface area contributed by atoms with Crippen LogP contribution in [0.15, 0.2) is 24.3 Å². The fourth-order valence-corrected chi connectivity index (χ4v) is 4.76. The second kappa shape index (κ2) is 7.96. The van der Waals surface area contributed by atoms with Crippen LogP contribution in [0.5, 0.6) is 5.88 Å². The predicted octanol–water partition coefficient (Wildman–Crippen LogP) is 2.81. The van der Waals surface area contributed by atoms with Crippen LogP contribution in [0.25, 0.3) is 4.96 Å². The lowest BCUT2D eigenvalue weighted by atomic mass is 10.0. The lowest BCUT2D eigenvalue weighted by Crippen LogP contribution is -2.50. The van der Waals surface area contributed by atoms with Crippen molar-refractivity contribution in [3.8, 4) is 5.88 Å². The Morgan fingerprint density at radius 3 is 2.69 bits per heavy atom. The number of piperazine rings is 1. The van der Waals surface area contributed by atoms with Crippen LogP contribution in [-0.2, 0) is 4.74 Å². The van der Waals surface area contributed by atoms with Gasteiger partial charge in [-0.25, -0.2) is 14.2 Å². The number of hydrogen-bond acceptors (Lipinski definition) is 7. The van der Waals surface area contributed by atoms with E-state index in [4.69, 9.17) is 4.74 Å². The Morgan fingerprint density at radius 2 is 2.03 bits per heavy atom. The van der Waals surface area contributed by atoms with Crippen molar-refractivity contribution < 1.29 is 19.0 Å². The number of aryl methyl sites for hydroxylation is 1. The Bertz CT molecular complexity index is 1030. The van der Waals surface area contributed by atoms with Crippen molar-refractivity contribution in [1.29, 1.82) is 0 Å². The van der Waals surface area contributed by atoms with Gasteiger partial charge in [0, 0.05) is 31.7 Å². The molecule has 0 unspecified atom stereocenters. The zero-order valence-electron chi connectivity index (χ0n) is 16.2. The molecule has 1 N–H and O–H groups in total. The molecular weight excluding hydrogens is 397 g/mol. The number of fused-ring (bicyclic) bond motifs is 1. The molecule has 0 aliphatic carbocycles. The third-order valence-electron chi connectivity index (χ3n) is 4.96. The number of amides is 1. The van der Waals surface area contributed by atoms with Gasteiger partial charge in [-0.3, -0.25) is 4.90 Å². The largest absolute Gasteiger partial charge is 0.492 e. The quantitative estimate of drug-likeness (QED) is 0.700. The van der Waals surface area contributed by atoms with E-state index in [-0.39, 0.29) is 17.8 Å². The highest BCUT2D eigenvalue weighted by atomic mass is 32.1. The summed E-state index contributed by atoms with van der Waals surface area (Å²) in [6.45, 7) is 5.81. The molecule has 0 saturated carbocycles. The van der Waals surface area contributed by atoms with Gasteiger partial charge in [-0.2, -0.15) is 4.52 Å². The summed E-state index contributed by atoms with van der Waals surface area (Å²) in [4.78, 5) is 21.2. The molecule has 8 nitrogen and oxygen atoms in total. The van der Waals surface area contributed by atoms with E-state index in [1.165, 1.54) is 21.9 Å². The summed E-state index contributed by atoms with van der Waals surface area (Å²) in [5.41, 5.74) is 0.466. The molecule has 1 aliphatic rings. The van der Waals surface area contributed by atoms with E-state index in [9.17, 15) is 14.3 Å². The van der Waals surface area contributed by atoms with E-state index in [0.29, 0.717) is 54.0 Å².